The minimum Gasteiger partial charge on any atom is -0.478 e. The van der Waals surface area contributed by atoms with Crippen molar-refractivity contribution in [3.63, 3.8) is 0 Å². The van der Waals surface area contributed by atoms with Crippen LogP contribution in [0, 0.1) is 0 Å². The first-order valence-corrected chi connectivity index (χ1v) is 14.2. The Kier molecular flexibility index (Phi) is 6.53. The number of anilines is 1. The number of hydrogen-bond donors (Lipinski definition) is 1. The van der Waals surface area contributed by atoms with Gasteiger partial charge in [-0.15, -0.1) is 0 Å². The fourth-order valence-electron chi connectivity index (χ4n) is 6.03. The number of halogens is 2. The predicted molar refractivity (Wildman–Crippen MR) is 148 cm³/mol. The van der Waals surface area contributed by atoms with Gasteiger partial charge >= 0.3 is 5.97 Å². The van der Waals surface area contributed by atoms with Crippen molar-refractivity contribution in [3.05, 3.63) is 69.4 Å². The van der Waals surface area contributed by atoms with Gasteiger partial charge in [0.15, 0.2) is 0 Å². The summed E-state index contributed by atoms with van der Waals surface area (Å²) < 4.78 is 17.9. The van der Waals surface area contributed by atoms with E-state index in [1.54, 1.807) is 24.3 Å². The van der Waals surface area contributed by atoms with E-state index in [1.165, 1.54) is 12.1 Å². The lowest BCUT2D eigenvalue weighted by Gasteiger charge is -2.37. The molecular weight excluding hydrogens is 555 g/mol. The maximum Gasteiger partial charge on any atom is 0.335 e. The number of hydrogen-bond acceptors (Lipinski definition) is 8. The van der Waals surface area contributed by atoms with Gasteiger partial charge in [0.25, 0.3) is 11.8 Å². The van der Waals surface area contributed by atoms with Crippen molar-refractivity contribution in [1.29, 1.82) is 0 Å². The molecule has 2 saturated heterocycles. The van der Waals surface area contributed by atoms with Crippen LogP contribution in [-0.4, -0.2) is 44.6 Å². The molecule has 1 saturated carbocycles. The van der Waals surface area contributed by atoms with Gasteiger partial charge in [-0.3, -0.25) is 0 Å². The Bertz CT molecular complexity index is 1530. The van der Waals surface area contributed by atoms with Crippen LogP contribution < -0.4 is 4.90 Å². The summed E-state index contributed by atoms with van der Waals surface area (Å²) in [5, 5.41) is 18.9. The van der Waals surface area contributed by atoms with Crippen molar-refractivity contribution in [2.45, 2.75) is 69.2 Å². The molecule has 40 heavy (non-hydrogen) atoms. The largest absolute Gasteiger partial charge is 0.478 e. The highest BCUT2D eigenvalue weighted by molar-refractivity contribution is 6.39. The van der Waals surface area contributed by atoms with E-state index in [9.17, 15) is 4.79 Å². The molecule has 9 nitrogen and oxygen atoms in total. The van der Waals surface area contributed by atoms with Gasteiger partial charge in [0.2, 0.25) is 0 Å². The van der Waals surface area contributed by atoms with Crippen LogP contribution in [0.5, 0.6) is 0 Å². The van der Waals surface area contributed by atoms with Crippen LogP contribution in [0.2, 0.25) is 10.0 Å². The van der Waals surface area contributed by atoms with Gasteiger partial charge in [-0.25, -0.2) is 4.79 Å². The Labute approximate surface area is 240 Å². The molecule has 0 amide bonds. The van der Waals surface area contributed by atoms with Crippen LogP contribution in [0.4, 0.5) is 5.95 Å². The number of piperidine rings is 1. The van der Waals surface area contributed by atoms with E-state index in [0.29, 0.717) is 51.2 Å². The Balaban J connectivity index is 1.06. The first-order chi connectivity index (χ1) is 19.5. The lowest BCUT2D eigenvalue weighted by atomic mass is 9.99. The van der Waals surface area contributed by atoms with E-state index < -0.39 is 5.97 Å². The molecule has 3 fully saturated rings. The number of carbonyl (C=O) groups is 1. The molecule has 206 valence electrons. The molecule has 3 aliphatic rings. The number of carboxylic acid groups (broad SMARTS) is 1. The van der Waals surface area contributed by atoms with Crippen LogP contribution in [0.15, 0.2) is 51.5 Å². The molecule has 2 aromatic heterocycles. The summed E-state index contributed by atoms with van der Waals surface area (Å²) in [6, 6.07) is 12.3. The monoisotopic (exact) mass is 580 g/mol. The highest BCUT2D eigenvalue weighted by Crippen LogP contribution is 2.47. The quantitative estimate of drug-likeness (QED) is 0.235. The van der Waals surface area contributed by atoms with Gasteiger partial charge < -0.3 is 23.8 Å². The number of benzene rings is 2. The van der Waals surface area contributed by atoms with Crippen LogP contribution in [0.3, 0.4) is 0 Å². The molecule has 7 rings (SSSR count). The van der Waals surface area contributed by atoms with Gasteiger partial charge in [0.05, 0.1) is 28.3 Å². The maximum absolute atomic E-state index is 11.1. The molecule has 0 spiro atoms. The van der Waals surface area contributed by atoms with E-state index >= 15 is 0 Å². The van der Waals surface area contributed by atoms with Gasteiger partial charge in [-0.05, 0) is 80.1 Å². The summed E-state index contributed by atoms with van der Waals surface area (Å²) >= 11 is 13.0. The molecule has 4 aromatic rings. The Hall–Kier alpha value is -3.40. The second-order valence-corrected chi connectivity index (χ2v) is 11.5. The number of aromatic nitrogens is 3. The molecule has 4 heterocycles. The maximum atomic E-state index is 11.1. The Morgan fingerprint density at radius 1 is 0.975 bits per heavy atom. The van der Waals surface area contributed by atoms with Crippen molar-refractivity contribution in [1.82, 2.24) is 15.3 Å². The fraction of sp³-hybridized carbons (Fsp3) is 0.379. The van der Waals surface area contributed by atoms with Crippen molar-refractivity contribution >= 4 is 35.1 Å². The molecule has 1 N–H and O–H groups in total. The van der Waals surface area contributed by atoms with E-state index in [1.807, 2.05) is 6.07 Å². The van der Waals surface area contributed by atoms with E-state index in [-0.39, 0.29) is 23.8 Å². The zero-order chi connectivity index (χ0) is 27.4. The Morgan fingerprint density at radius 3 is 2.33 bits per heavy atom. The standard InChI is InChI=1S/C29H26Cl2N4O5/c30-22-2-1-3-23(31)24(22)25-21(26(39-33-25)15-4-5-15)14-38-20-12-18-10-11-19(13-20)35(18)29-32-27(40-34-29)16-6-8-17(9-7-16)28(36)37/h1-3,6-9,15,18-20H,4-5,10-14H2,(H,36,37)/t18-,19+,20+. The molecule has 1 aliphatic carbocycles. The van der Waals surface area contributed by atoms with Crippen molar-refractivity contribution < 1.29 is 23.7 Å². The van der Waals surface area contributed by atoms with Crippen LogP contribution in [0.1, 0.15) is 66.1 Å². The number of nitrogens with zero attached hydrogens (tertiary/aromatic N) is 4. The lowest BCUT2D eigenvalue weighted by Crippen LogP contribution is -2.46. The van der Waals surface area contributed by atoms with Gasteiger partial charge in [0.1, 0.15) is 11.5 Å². The van der Waals surface area contributed by atoms with Crippen LogP contribution in [-0.2, 0) is 11.3 Å². The summed E-state index contributed by atoms with van der Waals surface area (Å²) in [6.07, 6.45) is 5.99. The third-order valence-electron chi connectivity index (χ3n) is 8.14. The molecule has 2 aliphatic heterocycles. The van der Waals surface area contributed by atoms with E-state index in [4.69, 9.17) is 42.1 Å². The first kappa shape index (κ1) is 25.6. The SMILES string of the molecule is O=C(O)c1ccc(-c2nc(N3[C@@H]4CC[C@H]3C[C@@H](OCc3c(-c5c(Cl)cccc5Cl)noc3C3CC3)C4)no2)cc1. The minimum absolute atomic E-state index is 0.0696. The average molecular weight is 581 g/mol. The number of fused-ring (bicyclic) bond motifs is 2. The van der Waals surface area contributed by atoms with Crippen LogP contribution in [0.25, 0.3) is 22.7 Å². The zero-order valence-electron chi connectivity index (χ0n) is 21.4. The molecule has 11 heteroatoms. The third kappa shape index (κ3) is 4.66. The predicted octanol–water partition coefficient (Wildman–Crippen LogP) is 6.99. The summed E-state index contributed by atoms with van der Waals surface area (Å²) in [5.41, 5.74) is 3.17. The third-order valence-corrected chi connectivity index (χ3v) is 8.77. The van der Waals surface area contributed by atoms with Crippen molar-refractivity contribution in [2.75, 3.05) is 4.90 Å². The van der Waals surface area contributed by atoms with Gasteiger partial charge in [-0.1, -0.05) is 34.4 Å². The van der Waals surface area contributed by atoms with E-state index in [2.05, 4.69) is 20.2 Å². The summed E-state index contributed by atoms with van der Waals surface area (Å²) in [7, 11) is 0. The average Bonchev–Trinajstić information content (AvgIpc) is 3.42. The topological polar surface area (TPSA) is 115 Å². The molecule has 2 bridgehead atoms. The second-order valence-electron chi connectivity index (χ2n) is 10.7. The van der Waals surface area contributed by atoms with Gasteiger partial charge in [-0.2, -0.15) is 4.98 Å². The summed E-state index contributed by atoms with van der Waals surface area (Å²) in [5.74, 6) is 1.20. The first-order valence-electron chi connectivity index (χ1n) is 13.5. The normalized spacial score (nSPS) is 22.1. The van der Waals surface area contributed by atoms with Crippen molar-refractivity contribution in [3.8, 4) is 22.7 Å². The number of rotatable bonds is 8. The minimum atomic E-state index is -0.976. The fourth-order valence-corrected chi connectivity index (χ4v) is 6.61. The smallest absolute Gasteiger partial charge is 0.335 e. The lowest BCUT2D eigenvalue weighted by molar-refractivity contribution is 0.0144. The highest BCUT2D eigenvalue weighted by atomic mass is 35.5. The summed E-state index contributed by atoms with van der Waals surface area (Å²) in [4.78, 5) is 18.0. The second kappa shape index (κ2) is 10.2. The van der Waals surface area contributed by atoms with E-state index in [0.717, 1.165) is 49.8 Å². The summed E-state index contributed by atoms with van der Waals surface area (Å²) in [6.45, 7) is 0.384. The molecular formula is C29H26Cl2N4O5. The van der Waals surface area contributed by atoms with Crippen molar-refractivity contribution in [2.24, 2.45) is 0 Å². The molecule has 0 radical (unpaired) electrons. The van der Waals surface area contributed by atoms with Gasteiger partial charge in [0, 0.05) is 34.7 Å². The zero-order valence-corrected chi connectivity index (χ0v) is 22.9. The number of carboxylic acids is 1. The Morgan fingerprint density at radius 2 is 1.68 bits per heavy atom. The number of aromatic carboxylic acids is 1. The van der Waals surface area contributed by atoms with Crippen LogP contribution >= 0.6 is 23.2 Å². The molecule has 2 aromatic carbocycles. The highest BCUT2D eigenvalue weighted by Gasteiger charge is 2.43. The molecule has 0 unspecified atom stereocenters. The molecule has 3 atom stereocenters. The number of ether oxygens (including phenoxy) is 1.